The Morgan fingerprint density at radius 3 is 3.06 bits per heavy atom. The lowest BCUT2D eigenvalue weighted by atomic mass is 10.1. The predicted octanol–water partition coefficient (Wildman–Crippen LogP) is 4.37. The molecule has 170 valence electrons. The summed E-state index contributed by atoms with van der Waals surface area (Å²) in [6.45, 7) is 1.69. The summed E-state index contributed by atoms with van der Waals surface area (Å²) in [5.74, 6) is 1.45. The van der Waals surface area contributed by atoms with Crippen LogP contribution in [0.5, 0.6) is 11.5 Å². The molecule has 33 heavy (non-hydrogen) atoms. The fourth-order valence-corrected chi connectivity index (χ4v) is 4.45. The number of carboxylic acid groups (broad SMARTS) is 1. The van der Waals surface area contributed by atoms with Gasteiger partial charge in [0, 0.05) is 37.0 Å². The summed E-state index contributed by atoms with van der Waals surface area (Å²) in [7, 11) is 1.59. The predicted molar refractivity (Wildman–Crippen MR) is 121 cm³/mol. The minimum Gasteiger partial charge on any atom is -0.504 e. The van der Waals surface area contributed by atoms with Gasteiger partial charge in [0.1, 0.15) is 17.0 Å². The summed E-state index contributed by atoms with van der Waals surface area (Å²) in [4.78, 5) is 17.3. The van der Waals surface area contributed by atoms with E-state index in [9.17, 15) is 9.90 Å². The van der Waals surface area contributed by atoms with E-state index < -0.39 is 6.09 Å². The summed E-state index contributed by atoms with van der Waals surface area (Å²) in [6.07, 6.45) is 4.14. The van der Waals surface area contributed by atoms with Gasteiger partial charge in [-0.15, -0.1) is 10.2 Å². The molecule has 3 N–H and O–H groups in total. The third kappa shape index (κ3) is 3.89. The van der Waals surface area contributed by atoms with Crippen molar-refractivity contribution in [2.24, 2.45) is 10.2 Å². The van der Waals surface area contributed by atoms with E-state index in [0.29, 0.717) is 41.3 Å². The van der Waals surface area contributed by atoms with Gasteiger partial charge in [-0.25, -0.2) is 9.78 Å². The minimum absolute atomic E-state index is 0.0134. The van der Waals surface area contributed by atoms with E-state index in [2.05, 4.69) is 25.4 Å². The number of amides is 1. The topological polar surface area (TPSA) is 133 Å². The van der Waals surface area contributed by atoms with Gasteiger partial charge in [-0.1, -0.05) is 0 Å². The van der Waals surface area contributed by atoms with Crippen LogP contribution in [-0.2, 0) is 6.54 Å². The number of fused-ring (bicyclic) bond motifs is 2. The molecule has 1 fully saturated rings. The summed E-state index contributed by atoms with van der Waals surface area (Å²) in [6, 6.07) is 7.31. The summed E-state index contributed by atoms with van der Waals surface area (Å²) in [5, 5.41) is 31.1. The van der Waals surface area contributed by atoms with Crippen LogP contribution in [0.15, 0.2) is 45.1 Å². The van der Waals surface area contributed by atoms with Crippen molar-refractivity contribution in [2.75, 3.05) is 20.2 Å². The molecule has 1 amide bonds. The molecule has 0 bridgehead atoms. The lowest BCUT2D eigenvalue weighted by molar-refractivity contribution is 0.185. The zero-order chi connectivity index (χ0) is 22.9. The zero-order valence-corrected chi connectivity index (χ0v) is 18.0. The maximum absolute atomic E-state index is 10.9. The molecule has 0 unspecified atom stereocenters. The molecule has 2 aromatic heterocycles. The third-order valence-electron chi connectivity index (χ3n) is 6.07. The Kier molecular flexibility index (Phi) is 5.43. The Labute approximate surface area is 189 Å². The first kappa shape index (κ1) is 21.0. The Morgan fingerprint density at radius 2 is 2.24 bits per heavy atom. The van der Waals surface area contributed by atoms with Crippen LogP contribution in [-0.4, -0.2) is 52.4 Å². The number of hydrogen-bond donors (Lipinski definition) is 3. The van der Waals surface area contributed by atoms with Gasteiger partial charge in [0.25, 0.3) is 0 Å². The molecule has 1 saturated heterocycles. The van der Waals surface area contributed by atoms with Gasteiger partial charge in [-0.3, -0.25) is 4.90 Å². The quantitative estimate of drug-likeness (QED) is 0.509. The normalized spacial score (nSPS) is 18.8. The molecule has 0 saturated carbocycles. The van der Waals surface area contributed by atoms with Crippen molar-refractivity contribution < 1.29 is 24.2 Å². The standard InChI is InChI=1S/C23H23N5O5/c1-32-18-7-6-15-20(29)19(10-17-14-5-2-8-24-22(14)27-26-17)33-21(15)16(18)12-28-9-3-4-13(28)11-25-23(30)31/h2,5-8,10,13,25,29H,3-4,9,11-12H2,1H3,(H,30,31)/t13-/m1/s1. The maximum Gasteiger partial charge on any atom is 0.404 e. The molecule has 0 radical (unpaired) electrons. The fourth-order valence-electron chi connectivity index (χ4n) is 4.45. The van der Waals surface area contributed by atoms with E-state index in [1.54, 1.807) is 37.6 Å². The van der Waals surface area contributed by atoms with E-state index in [0.717, 1.165) is 30.5 Å². The molecule has 0 aliphatic carbocycles. The van der Waals surface area contributed by atoms with Crippen molar-refractivity contribution in [1.29, 1.82) is 0 Å². The first-order valence-corrected chi connectivity index (χ1v) is 10.7. The highest BCUT2D eigenvalue weighted by molar-refractivity contribution is 5.94. The van der Waals surface area contributed by atoms with Gasteiger partial charge in [0.05, 0.1) is 18.1 Å². The van der Waals surface area contributed by atoms with Crippen molar-refractivity contribution in [3.05, 3.63) is 47.3 Å². The second kappa shape index (κ2) is 8.55. The van der Waals surface area contributed by atoms with Gasteiger partial charge in [-0.05, 0) is 43.7 Å². The molecule has 4 heterocycles. The molecule has 10 nitrogen and oxygen atoms in total. The van der Waals surface area contributed by atoms with Crippen molar-refractivity contribution in [2.45, 2.75) is 25.4 Å². The van der Waals surface area contributed by atoms with Gasteiger partial charge in [0.2, 0.25) is 0 Å². The Morgan fingerprint density at radius 1 is 1.36 bits per heavy atom. The molecule has 1 aromatic carbocycles. The number of aromatic hydroxyl groups is 1. The van der Waals surface area contributed by atoms with Crippen molar-refractivity contribution in [1.82, 2.24) is 15.2 Å². The number of azo groups is 1. The van der Waals surface area contributed by atoms with Gasteiger partial charge >= 0.3 is 6.09 Å². The number of ether oxygens (including phenoxy) is 1. The molecule has 3 aromatic rings. The number of carbonyl (C=O) groups is 1. The molecule has 1 atom stereocenters. The zero-order valence-electron chi connectivity index (χ0n) is 18.0. The van der Waals surface area contributed by atoms with Crippen LogP contribution < -0.4 is 10.1 Å². The van der Waals surface area contributed by atoms with Gasteiger partial charge in [0.15, 0.2) is 17.3 Å². The highest BCUT2D eigenvalue weighted by atomic mass is 16.5. The van der Waals surface area contributed by atoms with Crippen LogP contribution in [0, 0.1) is 0 Å². The van der Waals surface area contributed by atoms with Crippen LogP contribution in [0.25, 0.3) is 22.7 Å². The van der Waals surface area contributed by atoms with Crippen LogP contribution in [0.4, 0.5) is 10.6 Å². The van der Waals surface area contributed by atoms with Crippen molar-refractivity contribution in [3.8, 4) is 11.5 Å². The second-order valence-corrected chi connectivity index (χ2v) is 7.99. The van der Waals surface area contributed by atoms with E-state index >= 15 is 0 Å². The third-order valence-corrected chi connectivity index (χ3v) is 6.07. The Balaban J connectivity index is 1.51. The molecule has 2 aliphatic rings. The number of rotatable bonds is 6. The smallest absolute Gasteiger partial charge is 0.404 e. The number of hydrogen-bond acceptors (Lipinski definition) is 8. The average Bonchev–Trinajstić information content (AvgIpc) is 3.51. The number of aromatic nitrogens is 1. The largest absolute Gasteiger partial charge is 0.504 e. The lowest BCUT2D eigenvalue weighted by Crippen LogP contribution is -2.39. The first-order valence-electron chi connectivity index (χ1n) is 10.7. The van der Waals surface area contributed by atoms with Gasteiger partial charge < -0.3 is 24.7 Å². The minimum atomic E-state index is -1.03. The Hall–Kier alpha value is -3.92. The summed E-state index contributed by atoms with van der Waals surface area (Å²) < 4.78 is 11.7. The number of likely N-dealkylation sites (tertiary alicyclic amines) is 1. The average molecular weight is 449 g/mol. The number of pyridine rings is 1. The Bertz CT molecular complexity index is 1280. The highest BCUT2D eigenvalue weighted by Crippen LogP contribution is 2.42. The van der Waals surface area contributed by atoms with E-state index in [1.165, 1.54) is 0 Å². The van der Waals surface area contributed by atoms with E-state index in [4.69, 9.17) is 14.3 Å². The number of nitrogens with zero attached hydrogens (tertiary/aromatic N) is 4. The number of nitrogens with one attached hydrogen (secondary N) is 1. The van der Waals surface area contributed by atoms with Crippen LogP contribution in [0.1, 0.15) is 29.7 Å². The molecule has 2 aliphatic heterocycles. The lowest BCUT2D eigenvalue weighted by Gasteiger charge is -2.25. The molecule has 10 heteroatoms. The number of benzene rings is 1. The molecule has 0 spiro atoms. The summed E-state index contributed by atoms with van der Waals surface area (Å²) in [5.41, 5.74) is 2.64. The molecule has 5 rings (SSSR count). The van der Waals surface area contributed by atoms with Crippen molar-refractivity contribution in [3.63, 3.8) is 0 Å². The van der Waals surface area contributed by atoms with E-state index in [1.807, 2.05) is 6.07 Å². The second-order valence-electron chi connectivity index (χ2n) is 7.99. The molecular formula is C23H23N5O5. The summed E-state index contributed by atoms with van der Waals surface area (Å²) >= 11 is 0. The number of methoxy groups -OCH3 is 1. The van der Waals surface area contributed by atoms with Crippen LogP contribution in [0.3, 0.4) is 0 Å². The maximum atomic E-state index is 10.9. The van der Waals surface area contributed by atoms with E-state index in [-0.39, 0.29) is 17.6 Å². The number of furan rings is 1. The SMILES string of the molecule is COc1ccc2c(O)c(C=C3N=Nc4ncccc43)oc2c1CN1CCC[C@@H]1CNC(=O)O. The fraction of sp³-hybridized carbons (Fsp3) is 0.304. The highest BCUT2D eigenvalue weighted by Gasteiger charge is 2.28. The monoisotopic (exact) mass is 449 g/mol. The van der Waals surface area contributed by atoms with Crippen molar-refractivity contribution >= 4 is 34.7 Å². The van der Waals surface area contributed by atoms with Crippen LogP contribution >= 0.6 is 0 Å². The van der Waals surface area contributed by atoms with Gasteiger partial charge in [-0.2, -0.15) is 0 Å². The molecular weight excluding hydrogens is 426 g/mol. The van der Waals surface area contributed by atoms with Crippen LogP contribution in [0.2, 0.25) is 0 Å². The first-order chi connectivity index (χ1) is 16.0.